The van der Waals surface area contributed by atoms with Crippen molar-refractivity contribution in [2.24, 2.45) is 0 Å². The van der Waals surface area contributed by atoms with E-state index in [0.717, 1.165) is 17.1 Å². The summed E-state index contributed by atoms with van der Waals surface area (Å²) in [5.74, 6) is 0. The Bertz CT molecular complexity index is 3140. The molecule has 10 aromatic carbocycles. The highest BCUT2D eigenvalue weighted by Crippen LogP contribution is 2.64. The Morgan fingerprint density at radius 2 is 0.661 bits per heavy atom. The molecule has 1 heteroatoms. The smallest absolute Gasteiger partial charge is 0.0725 e. The zero-order valence-corrected chi connectivity index (χ0v) is 30.7. The fourth-order valence-corrected chi connectivity index (χ4v) is 10.1. The third kappa shape index (κ3) is 4.26. The van der Waals surface area contributed by atoms with Crippen molar-refractivity contribution in [1.82, 2.24) is 0 Å². The minimum Gasteiger partial charge on any atom is -0.311 e. The first-order valence-electron chi connectivity index (χ1n) is 19.5. The summed E-state index contributed by atoms with van der Waals surface area (Å²) < 4.78 is 0. The van der Waals surface area contributed by atoms with Crippen molar-refractivity contribution in [2.75, 3.05) is 4.90 Å². The predicted molar refractivity (Wildman–Crippen MR) is 235 cm³/mol. The van der Waals surface area contributed by atoms with Crippen molar-refractivity contribution in [3.05, 3.63) is 235 Å². The molecule has 12 rings (SSSR count). The van der Waals surface area contributed by atoms with Crippen LogP contribution in [0.4, 0.5) is 17.1 Å². The third-order valence-corrected chi connectivity index (χ3v) is 12.4. The van der Waals surface area contributed by atoms with Crippen LogP contribution in [0.25, 0.3) is 65.7 Å². The SMILES string of the molecule is c1ccc(N(c2ccccc2)c2ccc(-c3ccc4c(c3)-c3ccccc3C43c4ccccc4-c4cc5c6ccccc6c6ccccc6c5cc43)cc2)cc1. The van der Waals surface area contributed by atoms with Gasteiger partial charge in [-0.15, -0.1) is 0 Å². The second kappa shape index (κ2) is 11.9. The Hall–Kier alpha value is -7.22. The fraction of sp³-hybridized carbons (Fsp3) is 0.0182. The highest BCUT2D eigenvalue weighted by molar-refractivity contribution is 6.26. The van der Waals surface area contributed by atoms with Crippen LogP contribution < -0.4 is 4.90 Å². The van der Waals surface area contributed by atoms with Gasteiger partial charge in [-0.3, -0.25) is 0 Å². The van der Waals surface area contributed by atoms with E-state index in [1.165, 1.54) is 88.0 Å². The standard InChI is InChI=1S/C55H35N/c1-3-15-38(16-4-1)56(39-17-5-2-6-18-39)40-30-27-36(28-31-40)37-29-32-53-49(33-37)45-23-11-13-25-51(45)55(53)52-26-14-12-24-46(52)50-34-47-43-21-9-7-19-41(43)42-20-8-10-22-44(42)48(47)35-54(50)55/h1-35H. The molecular weight excluding hydrogens is 675 g/mol. The van der Waals surface area contributed by atoms with E-state index in [4.69, 9.17) is 0 Å². The van der Waals surface area contributed by atoms with Gasteiger partial charge >= 0.3 is 0 Å². The average molecular weight is 710 g/mol. The van der Waals surface area contributed by atoms with E-state index in [9.17, 15) is 0 Å². The molecule has 0 radical (unpaired) electrons. The van der Waals surface area contributed by atoms with Crippen LogP contribution in [-0.2, 0) is 5.41 Å². The van der Waals surface area contributed by atoms with Crippen LogP contribution in [0.1, 0.15) is 22.3 Å². The summed E-state index contributed by atoms with van der Waals surface area (Å²) in [6, 6.07) is 78.6. The Labute approximate surface area is 326 Å². The second-order valence-corrected chi connectivity index (χ2v) is 15.2. The lowest BCUT2D eigenvalue weighted by Crippen LogP contribution is -2.25. The molecule has 0 saturated carbocycles. The van der Waals surface area contributed by atoms with Gasteiger partial charge in [0.2, 0.25) is 0 Å². The van der Waals surface area contributed by atoms with E-state index in [0.29, 0.717) is 0 Å². The van der Waals surface area contributed by atoms with Crippen molar-refractivity contribution >= 4 is 49.4 Å². The molecule has 0 N–H and O–H groups in total. The zero-order chi connectivity index (χ0) is 36.8. The maximum absolute atomic E-state index is 2.54. The Morgan fingerprint density at radius 3 is 1.23 bits per heavy atom. The number of anilines is 3. The molecule has 260 valence electrons. The summed E-state index contributed by atoms with van der Waals surface area (Å²) in [6.45, 7) is 0. The van der Waals surface area contributed by atoms with E-state index in [-0.39, 0.29) is 0 Å². The Balaban J connectivity index is 1.06. The first-order chi connectivity index (χ1) is 27.8. The van der Waals surface area contributed by atoms with E-state index in [1.807, 2.05) is 0 Å². The lowest BCUT2D eigenvalue weighted by molar-refractivity contribution is 0.795. The summed E-state index contributed by atoms with van der Waals surface area (Å²) in [6.07, 6.45) is 0. The van der Waals surface area contributed by atoms with Gasteiger partial charge in [0.15, 0.2) is 0 Å². The minimum atomic E-state index is -0.424. The third-order valence-electron chi connectivity index (χ3n) is 12.4. The molecule has 2 aliphatic carbocycles. The highest BCUT2D eigenvalue weighted by Gasteiger charge is 2.51. The van der Waals surface area contributed by atoms with Crippen molar-refractivity contribution in [3.8, 4) is 33.4 Å². The van der Waals surface area contributed by atoms with E-state index in [1.54, 1.807) is 0 Å². The average Bonchev–Trinajstić information content (AvgIpc) is 3.73. The van der Waals surface area contributed by atoms with Crippen LogP contribution >= 0.6 is 0 Å². The van der Waals surface area contributed by atoms with Crippen LogP contribution in [0.3, 0.4) is 0 Å². The lowest BCUT2D eigenvalue weighted by atomic mass is 9.70. The molecule has 0 heterocycles. The van der Waals surface area contributed by atoms with Crippen molar-refractivity contribution in [1.29, 1.82) is 0 Å². The Kier molecular flexibility index (Phi) is 6.62. The summed E-state index contributed by atoms with van der Waals surface area (Å²) in [7, 11) is 0. The van der Waals surface area contributed by atoms with Crippen LogP contribution in [-0.4, -0.2) is 0 Å². The molecule has 0 saturated heterocycles. The number of hydrogen-bond acceptors (Lipinski definition) is 1. The highest BCUT2D eigenvalue weighted by atomic mass is 15.1. The van der Waals surface area contributed by atoms with Crippen molar-refractivity contribution in [3.63, 3.8) is 0 Å². The normalized spacial score (nSPS) is 14.9. The Morgan fingerprint density at radius 1 is 0.250 bits per heavy atom. The molecule has 1 nitrogen and oxygen atoms in total. The van der Waals surface area contributed by atoms with Gasteiger partial charge in [0.25, 0.3) is 0 Å². The van der Waals surface area contributed by atoms with Gasteiger partial charge in [-0.2, -0.15) is 0 Å². The van der Waals surface area contributed by atoms with E-state index in [2.05, 4.69) is 217 Å². The summed E-state index contributed by atoms with van der Waals surface area (Å²) in [4.78, 5) is 2.32. The molecule has 2 aliphatic rings. The number of para-hydroxylation sites is 2. The van der Waals surface area contributed by atoms with Gasteiger partial charge < -0.3 is 4.90 Å². The summed E-state index contributed by atoms with van der Waals surface area (Å²) in [5, 5.41) is 7.85. The predicted octanol–water partition coefficient (Wildman–Crippen LogP) is 14.6. The largest absolute Gasteiger partial charge is 0.311 e. The molecular formula is C55H35N. The zero-order valence-electron chi connectivity index (χ0n) is 30.7. The molecule has 10 aromatic rings. The molecule has 0 bridgehead atoms. The minimum absolute atomic E-state index is 0.424. The van der Waals surface area contributed by atoms with Gasteiger partial charge in [0, 0.05) is 17.1 Å². The van der Waals surface area contributed by atoms with Crippen LogP contribution in [0, 0.1) is 0 Å². The molecule has 0 fully saturated rings. The second-order valence-electron chi connectivity index (χ2n) is 15.2. The molecule has 1 unspecified atom stereocenters. The monoisotopic (exact) mass is 709 g/mol. The summed E-state index contributed by atoms with van der Waals surface area (Å²) >= 11 is 0. The van der Waals surface area contributed by atoms with E-state index >= 15 is 0 Å². The molecule has 0 aliphatic heterocycles. The number of fused-ring (bicyclic) bond motifs is 16. The van der Waals surface area contributed by atoms with Gasteiger partial charge in [-0.05, 0) is 143 Å². The van der Waals surface area contributed by atoms with Crippen LogP contribution in [0.15, 0.2) is 212 Å². The molecule has 0 aromatic heterocycles. The molecule has 0 amide bonds. The molecule has 1 spiro atoms. The van der Waals surface area contributed by atoms with Gasteiger partial charge in [-0.25, -0.2) is 0 Å². The topological polar surface area (TPSA) is 3.24 Å². The first kappa shape index (κ1) is 31.2. The lowest BCUT2D eigenvalue weighted by Gasteiger charge is -2.31. The van der Waals surface area contributed by atoms with Crippen molar-refractivity contribution in [2.45, 2.75) is 5.41 Å². The number of nitrogens with zero attached hydrogens (tertiary/aromatic N) is 1. The van der Waals surface area contributed by atoms with Crippen molar-refractivity contribution < 1.29 is 0 Å². The molecule has 1 atom stereocenters. The van der Waals surface area contributed by atoms with Gasteiger partial charge in [0.05, 0.1) is 5.41 Å². The van der Waals surface area contributed by atoms with Gasteiger partial charge in [0.1, 0.15) is 0 Å². The van der Waals surface area contributed by atoms with Crippen LogP contribution in [0.5, 0.6) is 0 Å². The quantitative estimate of drug-likeness (QED) is 0.164. The molecule has 56 heavy (non-hydrogen) atoms. The van der Waals surface area contributed by atoms with Crippen LogP contribution in [0.2, 0.25) is 0 Å². The summed E-state index contributed by atoms with van der Waals surface area (Å²) in [5.41, 5.74) is 16.1. The number of benzene rings is 10. The number of rotatable bonds is 4. The maximum atomic E-state index is 2.54. The maximum Gasteiger partial charge on any atom is 0.0725 e. The van der Waals surface area contributed by atoms with E-state index < -0.39 is 5.41 Å². The fourth-order valence-electron chi connectivity index (χ4n) is 10.1. The number of hydrogen-bond donors (Lipinski definition) is 0. The first-order valence-corrected chi connectivity index (χ1v) is 19.5. The van der Waals surface area contributed by atoms with Gasteiger partial charge in [-0.1, -0.05) is 158 Å².